The van der Waals surface area contributed by atoms with Crippen LogP contribution in [0.1, 0.15) is 74.7 Å². The minimum atomic E-state index is 0.289. The predicted molar refractivity (Wildman–Crippen MR) is 85.8 cm³/mol. The summed E-state index contributed by atoms with van der Waals surface area (Å²) in [4.78, 5) is 11.0. The van der Waals surface area contributed by atoms with Gasteiger partial charge in [-0.05, 0) is 69.3 Å². The first-order valence-corrected chi connectivity index (χ1v) is 8.81. The normalized spacial score (nSPS) is 22.0. The Labute approximate surface area is 136 Å². The molecule has 1 aliphatic carbocycles. The van der Waals surface area contributed by atoms with E-state index in [9.17, 15) is 0 Å². The molecule has 0 unspecified atom stereocenters. The standard InChI is InChI=1S/C16H25N7/c1-11(2)23-15(19-20-21-23)10-22-9-5-8-14(22)16-17-12-6-3-4-7-13(12)18-16/h11,14H,3-10H2,1-2H3,(H,17,18)/t14-/m0/s1. The SMILES string of the molecule is CC(C)n1nnnc1CN1CCC[C@H]1c1nc2c([nH]1)CCCC2. The Hall–Kier alpha value is -1.76. The molecule has 0 aromatic carbocycles. The largest absolute Gasteiger partial charge is 0.344 e. The third-order valence-corrected chi connectivity index (χ3v) is 5.05. The van der Waals surface area contributed by atoms with Crippen molar-refractivity contribution in [2.75, 3.05) is 6.54 Å². The van der Waals surface area contributed by atoms with Gasteiger partial charge in [-0.25, -0.2) is 9.67 Å². The number of nitrogens with one attached hydrogen (secondary N) is 1. The van der Waals surface area contributed by atoms with Crippen LogP contribution in [0.5, 0.6) is 0 Å². The van der Waals surface area contributed by atoms with E-state index in [-0.39, 0.29) is 6.04 Å². The van der Waals surface area contributed by atoms with E-state index in [4.69, 9.17) is 4.98 Å². The van der Waals surface area contributed by atoms with Crippen LogP contribution in [0.3, 0.4) is 0 Å². The number of aromatic nitrogens is 6. The molecule has 0 radical (unpaired) electrons. The number of imidazole rings is 1. The second kappa shape index (κ2) is 6.03. The van der Waals surface area contributed by atoms with E-state index in [1.807, 2.05) is 4.68 Å². The highest BCUT2D eigenvalue weighted by Gasteiger charge is 2.31. The molecule has 23 heavy (non-hydrogen) atoms. The van der Waals surface area contributed by atoms with Crippen LogP contribution in [0.2, 0.25) is 0 Å². The molecule has 1 saturated heterocycles. The first kappa shape index (κ1) is 14.8. The van der Waals surface area contributed by atoms with Crippen molar-refractivity contribution in [3.8, 4) is 0 Å². The number of aryl methyl sites for hydroxylation is 2. The van der Waals surface area contributed by atoms with Crippen molar-refractivity contribution in [2.24, 2.45) is 0 Å². The molecular formula is C16H25N7. The van der Waals surface area contributed by atoms with Crippen LogP contribution < -0.4 is 0 Å². The van der Waals surface area contributed by atoms with Crippen LogP contribution in [-0.4, -0.2) is 41.6 Å². The van der Waals surface area contributed by atoms with E-state index in [1.165, 1.54) is 30.7 Å². The van der Waals surface area contributed by atoms with Gasteiger partial charge in [-0.3, -0.25) is 4.90 Å². The van der Waals surface area contributed by atoms with Crippen molar-refractivity contribution in [1.29, 1.82) is 0 Å². The molecule has 7 heteroatoms. The summed E-state index contributed by atoms with van der Waals surface area (Å²) in [6.07, 6.45) is 7.21. The third-order valence-electron chi connectivity index (χ3n) is 5.05. The number of hydrogen-bond donors (Lipinski definition) is 1. The van der Waals surface area contributed by atoms with E-state index >= 15 is 0 Å². The predicted octanol–water partition coefficient (Wildman–Crippen LogP) is 2.19. The molecular weight excluding hydrogens is 290 g/mol. The van der Waals surface area contributed by atoms with Gasteiger partial charge in [0.15, 0.2) is 5.82 Å². The van der Waals surface area contributed by atoms with Crippen molar-refractivity contribution >= 4 is 0 Å². The van der Waals surface area contributed by atoms with Crippen LogP contribution >= 0.6 is 0 Å². The second-order valence-corrected chi connectivity index (χ2v) is 7.02. The fourth-order valence-electron chi connectivity index (χ4n) is 3.86. The van der Waals surface area contributed by atoms with E-state index in [2.05, 4.69) is 39.3 Å². The molecule has 124 valence electrons. The Morgan fingerprint density at radius 3 is 2.91 bits per heavy atom. The van der Waals surface area contributed by atoms with Crippen molar-refractivity contribution in [3.05, 3.63) is 23.0 Å². The molecule has 0 amide bonds. The van der Waals surface area contributed by atoms with Crippen molar-refractivity contribution in [2.45, 2.75) is 71.0 Å². The molecule has 0 bridgehead atoms. The number of H-pyrrole nitrogens is 1. The average Bonchev–Trinajstić information content (AvgIpc) is 3.25. The summed E-state index contributed by atoms with van der Waals surface area (Å²) < 4.78 is 1.92. The Kier molecular flexibility index (Phi) is 3.88. The zero-order valence-electron chi connectivity index (χ0n) is 14.0. The molecule has 2 aliphatic rings. The van der Waals surface area contributed by atoms with Gasteiger partial charge in [0.2, 0.25) is 0 Å². The number of aromatic amines is 1. The Balaban J connectivity index is 1.54. The molecule has 2 aromatic rings. The highest BCUT2D eigenvalue weighted by atomic mass is 15.6. The highest BCUT2D eigenvalue weighted by Crippen LogP contribution is 2.33. The van der Waals surface area contributed by atoms with Crippen molar-refractivity contribution in [3.63, 3.8) is 0 Å². The number of hydrogen-bond acceptors (Lipinski definition) is 5. The molecule has 1 N–H and O–H groups in total. The maximum atomic E-state index is 4.91. The molecule has 1 fully saturated rings. The lowest BCUT2D eigenvalue weighted by Gasteiger charge is -2.22. The number of rotatable bonds is 4. The van der Waals surface area contributed by atoms with Crippen LogP contribution in [0, 0.1) is 0 Å². The van der Waals surface area contributed by atoms with E-state index < -0.39 is 0 Å². The average molecular weight is 315 g/mol. The molecule has 1 aliphatic heterocycles. The summed E-state index contributed by atoms with van der Waals surface area (Å²) in [7, 11) is 0. The summed E-state index contributed by atoms with van der Waals surface area (Å²) in [5.74, 6) is 2.10. The first-order valence-electron chi connectivity index (χ1n) is 8.81. The maximum absolute atomic E-state index is 4.91. The molecule has 3 heterocycles. The minimum Gasteiger partial charge on any atom is -0.344 e. The van der Waals surface area contributed by atoms with Crippen LogP contribution in [0.4, 0.5) is 0 Å². The number of fused-ring (bicyclic) bond motifs is 1. The Bertz CT molecular complexity index is 648. The lowest BCUT2D eigenvalue weighted by atomic mass is 10.0. The van der Waals surface area contributed by atoms with Crippen LogP contribution in [0.25, 0.3) is 0 Å². The monoisotopic (exact) mass is 315 g/mol. The van der Waals surface area contributed by atoms with E-state index in [1.54, 1.807) is 0 Å². The molecule has 0 spiro atoms. The van der Waals surface area contributed by atoms with Crippen molar-refractivity contribution < 1.29 is 0 Å². The van der Waals surface area contributed by atoms with Gasteiger partial charge in [-0.1, -0.05) is 0 Å². The zero-order valence-corrected chi connectivity index (χ0v) is 14.0. The summed E-state index contributed by atoms with van der Waals surface area (Å²) in [6.45, 7) is 6.10. The topological polar surface area (TPSA) is 75.5 Å². The summed E-state index contributed by atoms with van der Waals surface area (Å²) in [5, 5.41) is 12.2. The molecule has 4 rings (SSSR count). The van der Waals surface area contributed by atoms with Gasteiger partial charge in [0.25, 0.3) is 0 Å². The fraction of sp³-hybridized carbons (Fsp3) is 0.750. The van der Waals surface area contributed by atoms with Crippen molar-refractivity contribution in [1.82, 2.24) is 35.1 Å². The summed E-state index contributed by atoms with van der Waals surface area (Å²) in [5.41, 5.74) is 2.66. The molecule has 7 nitrogen and oxygen atoms in total. The van der Waals surface area contributed by atoms with Gasteiger partial charge < -0.3 is 4.98 Å². The highest BCUT2D eigenvalue weighted by molar-refractivity contribution is 5.19. The van der Waals surface area contributed by atoms with E-state index in [0.717, 1.165) is 44.0 Å². The van der Waals surface area contributed by atoms with Gasteiger partial charge in [0.1, 0.15) is 5.82 Å². The maximum Gasteiger partial charge on any atom is 0.165 e. The Morgan fingerprint density at radius 1 is 1.22 bits per heavy atom. The fourth-order valence-corrected chi connectivity index (χ4v) is 3.86. The molecule has 0 saturated carbocycles. The summed E-state index contributed by atoms with van der Waals surface area (Å²) in [6, 6.07) is 0.662. The number of likely N-dealkylation sites (tertiary alicyclic amines) is 1. The lowest BCUT2D eigenvalue weighted by Crippen LogP contribution is -2.26. The third kappa shape index (κ3) is 2.78. The number of tetrazole rings is 1. The quantitative estimate of drug-likeness (QED) is 0.936. The van der Waals surface area contributed by atoms with Gasteiger partial charge >= 0.3 is 0 Å². The summed E-state index contributed by atoms with van der Waals surface area (Å²) >= 11 is 0. The number of nitrogens with zero attached hydrogens (tertiary/aromatic N) is 6. The van der Waals surface area contributed by atoms with Crippen LogP contribution in [-0.2, 0) is 19.4 Å². The van der Waals surface area contributed by atoms with E-state index in [0.29, 0.717) is 6.04 Å². The first-order chi connectivity index (χ1) is 11.2. The molecule has 1 atom stereocenters. The minimum absolute atomic E-state index is 0.289. The van der Waals surface area contributed by atoms with Gasteiger partial charge in [-0.2, -0.15) is 0 Å². The van der Waals surface area contributed by atoms with Gasteiger partial charge in [0.05, 0.1) is 24.3 Å². The van der Waals surface area contributed by atoms with Gasteiger partial charge in [0, 0.05) is 5.69 Å². The molecule has 2 aromatic heterocycles. The zero-order chi connectivity index (χ0) is 15.8. The lowest BCUT2D eigenvalue weighted by molar-refractivity contribution is 0.228. The van der Waals surface area contributed by atoms with Gasteiger partial charge in [-0.15, -0.1) is 5.10 Å². The Morgan fingerprint density at radius 2 is 2.09 bits per heavy atom. The van der Waals surface area contributed by atoms with Crippen LogP contribution in [0.15, 0.2) is 0 Å². The smallest absolute Gasteiger partial charge is 0.165 e. The second-order valence-electron chi connectivity index (χ2n) is 7.02.